The molecule has 28 heavy (non-hydrogen) atoms. The predicted molar refractivity (Wildman–Crippen MR) is 115 cm³/mol. The lowest BCUT2D eigenvalue weighted by Gasteiger charge is -2.60. The number of thiocarbonyl (C=S) groups is 1. The Labute approximate surface area is 175 Å². The minimum atomic E-state index is -0.466. The molecule has 4 fully saturated rings. The average Bonchev–Trinajstić information content (AvgIpc) is 2.94. The Hall–Kier alpha value is -0.950. The van der Waals surface area contributed by atoms with E-state index in [0.29, 0.717) is 17.3 Å². The number of rotatable bonds is 3. The summed E-state index contributed by atoms with van der Waals surface area (Å²) in [6.45, 7) is 6.66. The molecule has 0 radical (unpaired) electrons. The molecule has 0 saturated heterocycles. The minimum Gasteiger partial charge on any atom is -0.392 e. The van der Waals surface area contributed by atoms with Gasteiger partial charge in [-0.1, -0.05) is 38.9 Å². The first kappa shape index (κ1) is 20.3. The van der Waals surface area contributed by atoms with Gasteiger partial charge in [0.15, 0.2) is 0 Å². The summed E-state index contributed by atoms with van der Waals surface area (Å²) in [5, 5.41) is 9.77. The number of Topliss-reactive ketones (excluding diaryl/α,β-unsaturated/α-hetero) is 1. The van der Waals surface area contributed by atoms with Gasteiger partial charge >= 0.3 is 0 Å². The zero-order valence-electron chi connectivity index (χ0n) is 17.7. The monoisotopic (exact) mass is 400 g/mol. The Balaban J connectivity index is 1.69. The molecule has 0 aliphatic heterocycles. The van der Waals surface area contributed by atoms with Crippen molar-refractivity contribution in [3.8, 4) is 6.07 Å². The fourth-order valence-corrected chi connectivity index (χ4v) is 9.08. The van der Waals surface area contributed by atoms with Crippen LogP contribution in [0.15, 0.2) is 0 Å². The van der Waals surface area contributed by atoms with Crippen LogP contribution in [0.2, 0.25) is 0 Å². The van der Waals surface area contributed by atoms with E-state index in [2.05, 4.69) is 19.9 Å². The van der Waals surface area contributed by atoms with E-state index in [4.69, 9.17) is 18.0 Å². The summed E-state index contributed by atoms with van der Waals surface area (Å²) < 4.78 is 0. The number of nitriles is 1. The van der Waals surface area contributed by atoms with E-state index in [0.717, 1.165) is 24.7 Å². The van der Waals surface area contributed by atoms with Crippen LogP contribution in [-0.4, -0.2) is 10.8 Å². The third kappa shape index (κ3) is 2.79. The highest BCUT2D eigenvalue weighted by Crippen LogP contribution is 2.69. The first-order valence-corrected chi connectivity index (χ1v) is 11.8. The SMILES string of the molecule is CC(=O)C1C(C(C#N)C(N)=S)CC2C3CCC4CCCC[C@@]4(C)C3CC[C@@]21C. The standard InChI is InChI=1S/C24H36N2OS/c1-14(27)21-17(18(13-25)22(26)28)12-20-16-8-7-15-6-4-5-10-23(15,2)19(16)9-11-24(20,21)3/h15-21H,4-12H2,1-3H3,(H2,26,28)/t15?,16?,17?,18?,19?,20?,21?,23-,24+/m1/s1. The van der Waals surface area contributed by atoms with Crippen molar-refractivity contribution in [1.29, 1.82) is 5.26 Å². The lowest BCUT2D eigenvalue weighted by atomic mass is 9.45. The van der Waals surface area contributed by atoms with E-state index in [-0.39, 0.29) is 28.0 Å². The van der Waals surface area contributed by atoms with E-state index in [1.165, 1.54) is 44.9 Å². The topological polar surface area (TPSA) is 66.9 Å². The molecular formula is C24H36N2OS. The maximum atomic E-state index is 12.8. The molecule has 0 aromatic heterocycles. The Morgan fingerprint density at radius 3 is 2.50 bits per heavy atom. The van der Waals surface area contributed by atoms with Crippen LogP contribution < -0.4 is 5.73 Å². The van der Waals surface area contributed by atoms with Crippen LogP contribution in [0, 0.1) is 63.6 Å². The van der Waals surface area contributed by atoms with Crippen LogP contribution in [0.4, 0.5) is 0 Å². The lowest BCUT2D eigenvalue weighted by molar-refractivity contribution is -0.134. The van der Waals surface area contributed by atoms with Crippen LogP contribution in [-0.2, 0) is 4.79 Å². The molecule has 7 unspecified atom stereocenters. The maximum Gasteiger partial charge on any atom is 0.133 e. The zero-order valence-corrected chi connectivity index (χ0v) is 18.6. The molecule has 0 aromatic carbocycles. The molecule has 3 nitrogen and oxygen atoms in total. The van der Waals surface area contributed by atoms with Gasteiger partial charge in [0.2, 0.25) is 0 Å². The van der Waals surface area contributed by atoms with Crippen molar-refractivity contribution < 1.29 is 4.79 Å². The first-order chi connectivity index (χ1) is 13.2. The number of hydrogen-bond acceptors (Lipinski definition) is 3. The Morgan fingerprint density at radius 2 is 1.86 bits per heavy atom. The molecule has 4 rings (SSSR count). The molecule has 4 heteroatoms. The number of fused-ring (bicyclic) bond motifs is 5. The Morgan fingerprint density at radius 1 is 1.11 bits per heavy atom. The Bertz CT molecular complexity index is 714. The average molecular weight is 401 g/mol. The molecule has 154 valence electrons. The fraction of sp³-hybridized carbons (Fsp3) is 0.875. The highest BCUT2D eigenvalue weighted by atomic mass is 32.1. The van der Waals surface area contributed by atoms with Crippen LogP contribution >= 0.6 is 12.2 Å². The molecule has 9 atom stereocenters. The number of carbonyl (C=O) groups excluding carboxylic acids is 1. The van der Waals surface area contributed by atoms with Gasteiger partial charge in [-0.25, -0.2) is 0 Å². The molecule has 0 bridgehead atoms. The lowest BCUT2D eigenvalue weighted by Crippen LogP contribution is -2.53. The molecular weight excluding hydrogens is 364 g/mol. The summed E-state index contributed by atoms with van der Waals surface area (Å²) in [5.41, 5.74) is 6.46. The van der Waals surface area contributed by atoms with Crippen molar-refractivity contribution in [1.82, 2.24) is 0 Å². The Kier molecular flexibility index (Phi) is 5.14. The predicted octanol–water partition coefficient (Wildman–Crippen LogP) is 5.28. The maximum absolute atomic E-state index is 12.8. The first-order valence-electron chi connectivity index (χ1n) is 11.4. The smallest absolute Gasteiger partial charge is 0.133 e. The summed E-state index contributed by atoms with van der Waals surface area (Å²) in [5.74, 6) is 2.64. The molecule has 0 spiro atoms. The van der Waals surface area contributed by atoms with Crippen molar-refractivity contribution >= 4 is 23.0 Å². The second kappa shape index (κ2) is 7.08. The summed E-state index contributed by atoms with van der Waals surface area (Å²) >= 11 is 5.25. The normalized spacial score (nSPS) is 48.5. The van der Waals surface area contributed by atoms with Crippen LogP contribution in [0.3, 0.4) is 0 Å². The van der Waals surface area contributed by atoms with Gasteiger partial charge in [0.1, 0.15) is 5.78 Å². The zero-order chi connectivity index (χ0) is 20.3. The molecule has 4 saturated carbocycles. The molecule has 4 aliphatic carbocycles. The fourth-order valence-electron chi connectivity index (χ4n) is 8.86. The quantitative estimate of drug-likeness (QED) is 0.655. The van der Waals surface area contributed by atoms with Gasteiger partial charge in [-0.15, -0.1) is 0 Å². The number of carbonyl (C=O) groups is 1. The van der Waals surface area contributed by atoms with E-state index in [1.807, 2.05) is 0 Å². The molecule has 0 aromatic rings. The van der Waals surface area contributed by atoms with Gasteiger partial charge in [-0.3, -0.25) is 4.79 Å². The molecule has 4 aliphatic rings. The van der Waals surface area contributed by atoms with E-state index >= 15 is 0 Å². The van der Waals surface area contributed by atoms with Gasteiger partial charge in [-0.2, -0.15) is 5.26 Å². The van der Waals surface area contributed by atoms with Gasteiger partial charge in [0.25, 0.3) is 0 Å². The summed E-state index contributed by atoms with van der Waals surface area (Å²) in [6, 6.07) is 2.36. The molecule has 0 heterocycles. The number of nitrogens with two attached hydrogens (primary N) is 1. The van der Waals surface area contributed by atoms with Crippen molar-refractivity contribution in [2.45, 2.75) is 78.6 Å². The third-order valence-electron chi connectivity index (χ3n) is 10.00. The summed E-state index contributed by atoms with van der Waals surface area (Å²) in [7, 11) is 0. The number of ketones is 1. The molecule has 0 amide bonds. The largest absolute Gasteiger partial charge is 0.392 e. The van der Waals surface area contributed by atoms with Crippen molar-refractivity contribution in [2.75, 3.05) is 0 Å². The van der Waals surface area contributed by atoms with Gasteiger partial charge < -0.3 is 5.73 Å². The second-order valence-corrected chi connectivity index (χ2v) is 11.4. The van der Waals surface area contributed by atoms with Gasteiger partial charge in [0, 0.05) is 5.92 Å². The second-order valence-electron chi connectivity index (χ2n) is 10.9. The van der Waals surface area contributed by atoms with Crippen molar-refractivity contribution in [2.24, 2.45) is 58.0 Å². The summed E-state index contributed by atoms with van der Waals surface area (Å²) in [6.07, 6.45) is 11.6. The minimum absolute atomic E-state index is 0.00522. The van der Waals surface area contributed by atoms with Crippen LogP contribution in [0.5, 0.6) is 0 Å². The highest BCUT2D eigenvalue weighted by Gasteiger charge is 2.63. The van der Waals surface area contributed by atoms with E-state index in [1.54, 1.807) is 6.92 Å². The van der Waals surface area contributed by atoms with Crippen molar-refractivity contribution in [3.63, 3.8) is 0 Å². The van der Waals surface area contributed by atoms with Crippen LogP contribution in [0.25, 0.3) is 0 Å². The molecule has 2 N–H and O–H groups in total. The number of nitrogens with zero attached hydrogens (tertiary/aromatic N) is 1. The number of hydrogen-bond donors (Lipinski definition) is 1. The summed E-state index contributed by atoms with van der Waals surface area (Å²) in [4.78, 5) is 13.1. The van der Waals surface area contributed by atoms with E-state index in [9.17, 15) is 10.1 Å². The van der Waals surface area contributed by atoms with E-state index < -0.39 is 5.92 Å². The van der Waals surface area contributed by atoms with Gasteiger partial charge in [-0.05, 0) is 92.3 Å². The third-order valence-corrected chi connectivity index (χ3v) is 10.3. The highest BCUT2D eigenvalue weighted by molar-refractivity contribution is 7.80. The van der Waals surface area contributed by atoms with Crippen LogP contribution in [0.1, 0.15) is 78.6 Å². The van der Waals surface area contributed by atoms with Crippen molar-refractivity contribution in [3.05, 3.63) is 0 Å². The van der Waals surface area contributed by atoms with Gasteiger partial charge in [0.05, 0.1) is 17.0 Å².